The molecule has 1 aliphatic heterocycles. The molecule has 1 fully saturated rings. The van der Waals surface area contributed by atoms with Crippen LogP contribution in [0, 0.1) is 0 Å². The number of rotatable bonds is 9. The minimum Gasteiger partial charge on any atom is -0.492 e. The van der Waals surface area contributed by atoms with Crippen molar-refractivity contribution in [2.45, 2.75) is 26.6 Å². The molecule has 0 radical (unpaired) electrons. The van der Waals surface area contributed by atoms with Crippen molar-refractivity contribution in [1.82, 2.24) is 24.8 Å². The van der Waals surface area contributed by atoms with E-state index in [2.05, 4.69) is 15.3 Å². The zero-order valence-electron chi connectivity index (χ0n) is 20.6. The van der Waals surface area contributed by atoms with Crippen LogP contribution in [0.5, 0.6) is 5.75 Å². The predicted octanol–water partition coefficient (Wildman–Crippen LogP) is -0.317. The molecule has 3 heterocycles. The molecule has 3 aromatic rings. The zero-order valence-corrected chi connectivity index (χ0v) is 21.3. The zero-order chi connectivity index (χ0) is 26.5. The summed E-state index contributed by atoms with van der Waals surface area (Å²) < 4.78 is 15.0. The van der Waals surface area contributed by atoms with E-state index < -0.39 is 5.91 Å². The van der Waals surface area contributed by atoms with Crippen LogP contribution >= 0.6 is 11.6 Å². The van der Waals surface area contributed by atoms with Gasteiger partial charge in [0.15, 0.2) is 40.1 Å². The first-order valence-corrected chi connectivity index (χ1v) is 12.3. The maximum atomic E-state index is 13.2. The fourth-order valence-electron chi connectivity index (χ4n) is 4.26. The van der Waals surface area contributed by atoms with Gasteiger partial charge in [0.1, 0.15) is 18.9 Å². The number of hydrogen-bond acceptors (Lipinski definition) is 9. The largest absolute Gasteiger partial charge is 0.492 e. The van der Waals surface area contributed by atoms with Crippen molar-refractivity contribution in [2.75, 3.05) is 50.9 Å². The predicted molar refractivity (Wildman–Crippen MR) is 137 cm³/mol. The number of aromatic nitrogens is 4. The Labute approximate surface area is 218 Å². The van der Waals surface area contributed by atoms with Gasteiger partial charge in [0.05, 0.1) is 19.8 Å². The van der Waals surface area contributed by atoms with Crippen molar-refractivity contribution < 1.29 is 23.6 Å². The Hall–Kier alpha value is -3.68. The first kappa shape index (κ1) is 26.4. The second-order valence-corrected chi connectivity index (χ2v) is 8.70. The molecular weight excluding hydrogens is 502 g/mol. The number of nitrogen functional groups attached to an aromatic ring is 2. The van der Waals surface area contributed by atoms with Gasteiger partial charge in [-0.05, 0) is 19.1 Å². The third kappa shape index (κ3) is 5.68. The number of benzene rings is 1. The molecule has 0 spiro atoms. The molecule has 0 unspecified atom stereocenters. The Bertz CT molecular complexity index is 1310. The number of hydrogen-bond donors (Lipinski definition) is 4. The second kappa shape index (κ2) is 11.6. The molecule has 2 amide bonds. The number of halogens is 1. The van der Waals surface area contributed by atoms with Crippen molar-refractivity contribution in [3.05, 3.63) is 34.9 Å². The van der Waals surface area contributed by atoms with Gasteiger partial charge in [-0.15, -0.1) is 0 Å². The van der Waals surface area contributed by atoms with E-state index >= 15 is 0 Å². The normalized spacial score (nSPS) is 13.6. The van der Waals surface area contributed by atoms with Gasteiger partial charge in [-0.2, -0.15) is 0 Å². The highest BCUT2D eigenvalue weighted by Crippen LogP contribution is 2.22. The number of nitrogens with zero attached hydrogens (tertiary/aromatic N) is 5. The fraction of sp³-hybridized carbons (Fsp3) is 0.435. The van der Waals surface area contributed by atoms with Crippen molar-refractivity contribution in [1.29, 1.82) is 0 Å². The van der Waals surface area contributed by atoms with Crippen LogP contribution in [0.25, 0.3) is 11.0 Å². The third-order valence-corrected chi connectivity index (χ3v) is 6.32. The summed E-state index contributed by atoms with van der Waals surface area (Å²) in [6.45, 7) is 5.58. The summed E-state index contributed by atoms with van der Waals surface area (Å²) in [5, 5.41) is 2.71. The van der Waals surface area contributed by atoms with Gasteiger partial charge in [-0.3, -0.25) is 9.59 Å². The molecule has 198 valence electrons. The van der Waals surface area contributed by atoms with E-state index in [9.17, 15) is 9.59 Å². The second-order valence-electron chi connectivity index (χ2n) is 8.34. The van der Waals surface area contributed by atoms with E-state index in [0.29, 0.717) is 57.6 Å². The van der Waals surface area contributed by atoms with Crippen molar-refractivity contribution >= 4 is 46.1 Å². The summed E-state index contributed by atoms with van der Waals surface area (Å²) in [7, 11) is 0. The van der Waals surface area contributed by atoms with Gasteiger partial charge < -0.3 is 36.9 Å². The molecular formula is C23H31ClN9O4+. The average Bonchev–Trinajstić information content (AvgIpc) is 3.19. The number of fused-ring (bicyclic) bond motifs is 1. The Morgan fingerprint density at radius 1 is 1.22 bits per heavy atom. The summed E-state index contributed by atoms with van der Waals surface area (Å²) >= 11 is 5.94. The summed E-state index contributed by atoms with van der Waals surface area (Å²) in [5.74, 6) is 0.558. The summed E-state index contributed by atoms with van der Waals surface area (Å²) in [5.41, 5.74) is 18.6. The van der Waals surface area contributed by atoms with Crippen molar-refractivity contribution in [3.63, 3.8) is 0 Å². The molecule has 0 atom stereocenters. The van der Waals surface area contributed by atoms with Crippen molar-refractivity contribution in [2.24, 2.45) is 5.73 Å². The van der Waals surface area contributed by atoms with Gasteiger partial charge >= 0.3 is 0 Å². The number of nitrogens with one attached hydrogen (secondary N) is 1. The lowest BCUT2D eigenvalue weighted by atomic mass is 10.3. The minimum absolute atomic E-state index is 0.0417. The quantitative estimate of drug-likeness (QED) is 0.268. The molecule has 14 heteroatoms. The molecule has 7 N–H and O–H groups in total. The number of nitrogens with two attached hydrogens (primary N) is 3. The number of aryl methyl sites for hydroxylation is 1. The average molecular weight is 533 g/mol. The third-order valence-electron chi connectivity index (χ3n) is 6.04. The molecule has 1 saturated heterocycles. The molecule has 1 aromatic carbocycles. The minimum atomic E-state index is -0.571. The van der Waals surface area contributed by atoms with Crippen LogP contribution in [0.2, 0.25) is 5.15 Å². The smallest absolute Gasteiger partial charge is 0.277 e. The fourth-order valence-corrected chi connectivity index (χ4v) is 4.38. The highest BCUT2D eigenvalue weighted by Gasteiger charge is 2.29. The molecule has 0 bridgehead atoms. The van der Waals surface area contributed by atoms with E-state index in [1.807, 2.05) is 34.3 Å². The number of ether oxygens (including phenoxy) is 2. The molecule has 4 rings (SSSR count). The van der Waals surface area contributed by atoms with Crippen LogP contribution in [-0.2, 0) is 29.2 Å². The van der Waals surface area contributed by atoms with Crippen LogP contribution in [-0.4, -0.2) is 70.7 Å². The van der Waals surface area contributed by atoms with Gasteiger partial charge in [0.25, 0.3) is 17.6 Å². The Morgan fingerprint density at radius 2 is 1.97 bits per heavy atom. The molecule has 13 nitrogen and oxygen atoms in total. The summed E-state index contributed by atoms with van der Waals surface area (Å²) in [4.78, 5) is 35.7. The number of morpholine rings is 1. The molecule has 0 aliphatic carbocycles. The van der Waals surface area contributed by atoms with Gasteiger partial charge in [-0.1, -0.05) is 11.6 Å². The lowest BCUT2D eigenvalue weighted by molar-refractivity contribution is -0.668. The van der Waals surface area contributed by atoms with Gasteiger partial charge in [-0.25, -0.2) is 19.1 Å². The van der Waals surface area contributed by atoms with Gasteiger partial charge in [0, 0.05) is 25.7 Å². The van der Waals surface area contributed by atoms with Crippen LogP contribution in [0.15, 0.2) is 18.2 Å². The molecule has 37 heavy (non-hydrogen) atoms. The van der Waals surface area contributed by atoms with E-state index in [1.54, 1.807) is 4.90 Å². The Balaban J connectivity index is 1.69. The monoisotopic (exact) mass is 532 g/mol. The Kier molecular flexibility index (Phi) is 8.26. The number of anilines is 2. The molecule has 2 aromatic heterocycles. The number of carbonyl (C=O) groups excluding carboxylic acids is 2. The molecule has 0 saturated carbocycles. The van der Waals surface area contributed by atoms with Gasteiger partial charge in [0.2, 0.25) is 0 Å². The lowest BCUT2D eigenvalue weighted by Crippen LogP contribution is -2.50. The van der Waals surface area contributed by atoms with E-state index in [4.69, 9.17) is 38.3 Å². The Morgan fingerprint density at radius 3 is 2.68 bits per heavy atom. The number of carbonyl (C=O) groups is 2. The summed E-state index contributed by atoms with van der Waals surface area (Å²) in [6, 6.07) is 5.63. The number of amides is 2. The van der Waals surface area contributed by atoms with Crippen LogP contribution in [0.1, 0.15) is 23.2 Å². The standard InChI is InChI=1S/C23H30ClN9O4/c1-2-32-16-11-14(37-8-5-25)3-4-15(16)33(13-18(34)31-6-9-36-10-7-31)17(32)12-28-23(35)19-21(26)30-22(27)20(24)29-19/h3-4,11H,2,5-10,12-13,25H2,1H3,(H4-,26,27,28,30,35)/p+1. The highest BCUT2D eigenvalue weighted by molar-refractivity contribution is 6.31. The SMILES string of the molecule is CCn1c(CNC(=O)c2nc(Cl)c(N)nc2N)[n+](CC(=O)N2CCOCC2)c2ccc(OCCN)cc21. The molecule has 1 aliphatic rings. The maximum absolute atomic E-state index is 13.2. The van der Waals surface area contributed by atoms with E-state index in [-0.39, 0.29) is 41.5 Å². The summed E-state index contributed by atoms with van der Waals surface area (Å²) in [6.07, 6.45) is 0. The maximum Gasteiger partial charge on any atom is 0.277 e. The van der Waals surface area contributed by atoms with Crippen LogP contribution in [0.4, 0.5) is 11.6 Å². The van der Waals surface area contributed by atoms with Crippen LogP contribution < -0.4 is 31.8 Å². The number of imidazole rings is 1. The lowest BCUT2D eigenvalue weighted by Gasteiger charge is -2.26. The van der Waals surface area contributed by atoms with Crippen molar-refractivity contribution in [3.8, 4) is 5.75 Å². The topological polar surface area (TPSA) is 181 Å². The highest BCUT2D eigenvalue weighted by atomic mass is 35.5. The van der Waals surface area contributed by atoms with E-state index in [1.165, 1.54) is 0 Å². The first-order chi connectivity index (χ1) is 17.8. The van der Waals surface area contributed by atoms with Crippen LogP contribution in [0.3, 0.4) is 0 Å². The van der Waals surface area contributed by atoms with E-state index in [0.717, 1.165) is 11.0 Å². The first-order valence-electron chi connectivity index (χ1n) is 11.9.